The van der Waals surface area contributed by atoms with Gasteiger partial charge in [-0.05, 0) is 19.4 Å². The highest BCUT2D eigenvalue weighted by Crippen LogP contribution is 2.03. The first-order valence-corrected chi connectivity index (χ1v) is 4.68. The molecule has 0 bridgehead atoms. The number of nitrogens with zero attached hydrogens (tertiary/aromatic N) is 1. The van der Waals surface area contributed by atoms with Crippen LogP contribution in [0, 0.1) is 0 Å². The van der Waals surface area contributed by atoms with Gasteiger partial charge in [0.2, 0.25) is 0 Å². The third-order valence-corrected chi connectivity index (χ3v) is 1.79. The van der Waals surface area contributed by atoms with E-state index in [1.54, 1.807) is 6.92 Å². The molecule has 0 saturated heterocycles. The summed E-state index contributed by atoms with van der Waals surface area (Å²) in [7, 11) is 0. The fourth-order valence-corrected chi connectivity index (χ4v) is 0.969. The van der Waals surface area contributed by atoms with Crippen LogP contribution in [0.3, 0.4) is 0 Å². The Bertz CT molecular complexity index is 256. The highest BCUT2D eigenvalue weighted by molar-refractivity contribution is 6.06. The maximum absolute atomic E-state index is 11.5. The van der Waals surface area contributed by atoms with Crippen LogP contribution in [0.1, 0.15) is 26.7 Å². The molecule has 0 radical (unpaired) electrons. The lowest BCUT2D eigenvalue weighted by Gasteiger charge is -2.18. The van der Waals surface area contributed by atoms with Crippen LogP contribution in [0.5, 0.6) is 0 Å². The molecule has 0 saturated carbocycles. The summed E-state index contributed by atoms with van der Waals surface area (Å²) < 4.78 is 0. The van der Waals surface area contributed by atoms with Gasteiger partial charge in [0, 0.05) is 12.1 Å². The van der Waals surface area contributed by atoms with Gasteiger partial charge in [-0.1, -0.05) is 26.5 Å². The normalized spacial score (nSPS) is 9.29. The predicted molar refractivity (Wildman–Crippen MR) is 56.6 cm³/mol. The average Bonchev–Trinajstić information content (AvgIpc) is 2.17. The van der Waals surface area contributed by atoms with Crippen molar-refractivity contribution in [1.82, 2.24) is 4.90 Å². The van der Waals surface area contributed by atoms with Crippen molar-refractivity contribution in [2.75, 3.05) is 6.54 Å². The van der Waals surface area contributed by atoms with Crippen molar-refractivity contribution in [3.05, 3.63) is 24.8 Å². The zero-order chi connectivity index (χ0) is 11.1. The molecule has 0 spiro atoms. The summed E-state index contributed by atoms with van der Waals surface area (Å²) in [5, 5.41) is 0. The number of rotatable bonds is 5. The Balaban J connectivity index is 4.54. The topological polar surface area (TPSA) is 37.4 Å². The third-order valence-electron chi connectivity index (χ3n) is 1.79. The number of carbonyl (C=O) groups is 2. The molecule has 0 aliphatic heterocycles. The van der Waals surface area contributed by atoms with E-state index >= 15 is 0 Å². The molecule has 0 aliphatic carbocycles. The molecule has 0 N–H and O–H groups in total. The molecule has 0 heterocycles. The molecule has 2 amide bonds. The number of hydrogen-bond donors (Lipinski definition) is 0. The number of unbranched alkanes of at least 4 members (excludes halogenated alkanes) is 1. The van der Waals surface area contributed by atoms with Crippen LogP contribution in [0.25, 0.3) is 0 Å². The van der Waals surface area contributed by atoms with Crippen LogP contribution in [-0.2, 0) is 9.59 Å². The molecule has 0 aliphatic rings. The minimum Gasteiger partial charge on any atom is -0.275 e. The van der Waals surface area contributed by atoms with Crippen molar-refractivity contribution >= 4 is 11.8 Å². The first-order valence-electron chi connectivity index (χ1n) is 4.68. The molecule has 0 aromatic heterocycles. The van der Waals surface area contributed by atoms with E-state index in [0.29, 0.717) is 12.1 Å². The van der Waals surface area contributed by atoms with E-state index in [1.165, 1.54) is 4.90 Å². The maximum atomic E-state index is 11.5. The Kier molecular flexibility index (Phi) is 5.53. The molecule has 78 valence electrons. The zero-order valence-corrected chi connectivity index (χ0v) is 8.88. The second kappa shape index (κ2) is 6.13. The second-order valence-corrected chi connectivity index (χ2v) is 3.13. The van der Waals surface area contributed by atoms with Crippen LogP contribution in [0.2, 0.25) is 0 Å². The smallest absolute Gasteiger partial charge is 0.255 e. The van der Waals surface area contributed by atoms with Gasteiger partial charge in [-0.25, -0.2) is 0 Å². The number of amides is 2. The molecule has 3 nitrogen and oxygen atoms in total. The van der Waals surface area contributed by atoms with Crippen molar-refractivity contribution in [3.8, 4) is 0 Å². The quantitative estimate of drug-likeness (QED) is 0.628. The molecule has 0 rings (SSSR count). The molecule has 14 heavy (non-hydrogen) atoms. The molecule has 3 heteroatoms. The standard InChI is InChI=1S/C11H17NO2/c1-5-7-8-12(10(13)6-2)11(14)9(3)4/h6H,2-3,5,7-8H2,1,4H3. The monoisotopic (exact) mass is 195 g/mol. The summed E-state index contributed by atoms with van der Waals surface area (Å²) in [6, 6.07) is 0. The van der Waals surface area contributed by atoms with Gasteiger partial charge in [-0.15, -0.1) is 0 Å². The largest absolute Gasteiger partial charge is 0.275 e. The number of imide groups is 1. The van der Waals surface area contributed by atoms with E-state index < -0.39 is 0 Å². The lowest BCUT2D eigenvalue weighted by Crippen LogP contribution is -2.36. The minimum atomic E-state index is -0.355. The third kappa shape index (κ3) is 3.56. The summed E-state index contributed by atoms with van der Waals surface area (Å²) in [5.41, 5.74) is 0.372. The van der Waals surface area contributed by atoms with Crippen LogP contribution in [-0.4, -0.2) is 23.3 Å². The van der Waals surface area contributed by atoms with Crippen LogP contribution >= 0.6 is 0 Å². The van der Waals surface area contributed by atoms with Gasteiger partial charge >= 0.3 is 0 Å². The van der Waals surface area contributed by atoms with E-state index in [-0.39, 0.29) is 11.8 Å². The summed E-state index contributed by atoms with van der Waals surface area (Å²) in [4.78, 5) is 24.0. The summed E-state index contributed by atoms with van der Waals surface area (Å²) in [6.45, 7) is 10.9. The first-order chi connectivity index (χ1) is 6.54. The van der Waals surface area contributed by atoms with Gasteiger partial charge in [-0.3, -0.25) is 14.5 Å². The molecule has 0 fully saturated rings. The van der Waals surface area contributed by atoms with Gasteiger partial charge in [0.15, 0.2) is 0 Å². The Morgan fingerprint density at radius 1 is 1.43 bits per heavy atom. The fourth-order valence-electron chi connectivity index (χ4n) is 0.969. The number of hydrogen-bond acceptors (Lipinski definition) is 2. The second-order valence-electron chi connectivity index (χ2n) is 3.13. The van der Waals surface area contributed by atoms with Crippen LogP contribution in [0.15, 0.2) is 24.8 Å². The van der Waals surface area contributed by atoms with E-state index in [1.807, 2.05) is 6.92 Å². The van der Waals surface area contributed by atoms with Crippen molar-refractivity contribution < 1.29 is 9.59 Å². The average molecular weight is 195 g/mol. The molecule has 0 aromatic rings. The maximum Gasteiger partial charge on any atom is 0.255 e. The molecule has 0 aromatic carbocycles. The fraction of sp³-hybridized carbons (Fsp3) is 0.455. The molecular formula is C11H17NO2. The highest BCUT2D eigenvalue weighted by Gasteiger charge is 2.18. The van der Waals surface area contributed by atoms with Gasteiger partial charge in [0.1, 0.15) is 0 Å². The van der Waals surface area contributed by atoms with Crippen molar-refractivity contribution in [3.63, 3.8) is 0 Å². The van der Waals surface area contributed by atoms with Crippen molar-refractivity contribution in [2.45, 2.75) is 26.7 Å². The highest BCUT2D eigenvalue weighted by atomic mass is 16.2. The Hall–Kier alpha value is -1.38. The number of carbonyl (C=O) groups excluding carboxylic acids is 2. The van der Waals surface area contributed by atoms with Gasteiger partial charge in [-0.2, -0.15) is 0 Å². The Labute approximate surface area is 85.1 Å². The van der Waals surface area contributed by atoms with E-state index in [2.05, 4.69) is 13.2 Å². The molecule has 0 atom stereocenters. The predicted octanol–water partition coefficient (Wildman–Crippen LogP) is 1.90. The molecule has 0 unspecified atom stereocenters. The lowest BCUT2D eigenvalue weighted by atomic mass is 10.2. The van der Waals surface area contributed by atoms with Crippen molar-refractivity contribution in [1.29, 1.82) is 0 Å². The van der Waals surface area contributed by atoms with Gasteiger partial charge in [0.05, 0.1) is 0 Å². The summed E-state index contributed by atoms with van der Waals surface area (Å²) in [6.07, 6.45) is 2.89. The van der Waals surface area contributed by atoms with Crippen molar-refractivity contribution in [2.24, 2.45) is 0 Å². The Morgan fingerprint density at radius 3 is 2.36 bits per heavy atom. The van der Waals surface area contributed by atoms with Crippen LogP contribution in [0.4, 0.5) is 0 Å². The van der Waals surface area contributed by atoms with E-state index in [9.17, 15) is 9.59 Å². The van der Waals surface area contributed by atoms with Crippen LogP contribution < -0.4 is 0 Å². The minimum absolute atomic E-state index is 0.316. The first kappa shape index (κ1) is 12.6. The SMILES string of the molecule is C=CC(=O)N(CCCC)C(=O)C(=C)C. The van der Waals surface area contributed by atoms with Gasteiger partial charge in [0.25, 0.3) is 11.8 Å². The van der Waals surface area contributed by atoms with Gasteiger partial charge < -0.3 is 0 Å². The summed E-state index contributed by atoms with van der Waals surface area (Å²) >= 11 is 0. The Morgan fingerprint density at radius 2 is 2.00 bits per heavy atom. The molecular weight excluding hydrogens is 178 g/mol. The van der Waals surface area contributed by atoms with E-state index in [0.717, 1.165) is 18.9 Å². The summed E-state index contributed by atoms with van der Waals surface area (Å²) in [5.74, 6) is -0.671. The zero-order valence-electron chi connectivity index (χ0n) is 8.88. The van der Waals surface area contributed by atoms with E-state index in [4.69, 9.17) is 0 Å². The lowest BCUT2D eigenvalue weighted by molar-refractivity contribution is -0.139.